The Morgan fingerprint density at radius 3 is 2.42 bits per heavy atom. The number of rotatable bonds is 7. The van der Waals surface area contributed by atoms with Gasteiger partial charge < -0.3 is 19.9 Å². The number of benzene rings is 1. The molecule has 0 amide bonds. The first-order valence-electron chi connectivity index (χ1n) is 6.15. The van der Waals surface area contributed by atoms with Gasteiger partial charge in [-0.15, -0.1) is 0 Å². The molecular formula is C14H21NO4. The summed E-state index contributed by atoms with van der Waals surface area (Å²) in [5, 5.41) is 11.9. The van der Waals surface area contributed by atoms with Crippen LogP contribution in [-0.4, -0.2) is 32.3 Å². The van der Waals surface area contributed by atoms with Gasteiger partial charge in [-0.1, -0.05) is 0 Å². The van der Waals surface area contributed by atoms with E-state index in [1.807, 2.05) is 19.1 Å². The van der Waals surface area contributed by atoms with Crippen LogP contribution < -0.4 is 14.8 Å². The van der Waals surface area contributed by atoms with Crippen LogP contribution in [0.15, 0.2) is 12.1 Å². The monoisotopic (exact) mass is 267 g/mol. The molecule has 0 saturated heterocycles. The number of ether oxygens (including phenoxy) is 2. The zero-order valence-electron chi connectivity index (χ0n) is 11.8. The number of carboxylic acid groups (broad SMARTS) is 1. The molecule has 19 heavy (non-hydrogen) atoms. The van der Waals surface area contributed by atoms with Crippen molar-refractivity contribution in [1.29, 1.82) is 0 Å². The molecule has 106 valence electrons. The molecule has 0 fully saturated rings. The summed E-state index contributed by atoms with van der Waals surface area (Å²) in [6.45, 7) is 1.94. The van der Waals surface area contributed by atoms with Gasteiger partial charge in [0.2, 0.25) is 0 Å². The Morgan fingerprint density at radius 1 is 1.32 bits per heavy atom. The lowest BCUT2D eigenvalue weighted by molar-refractivity contribution is -0.137. The Bertz CT molecular complexity index is 445. The van der Waals surface area contributed by atoms with Gasteiger partial charge in [0.25, 0.3) is 0 Å². The average Bonchev–Trinajstić information content (AvgIpc) is 2.39. The zero-order valence-corrected chi connectivity index (χ0v) is 11.8. The van der Waals surface area contributed by atoms with Crippen molar-refractivity contribution in [3.63, 3.8) is 0 Å². The Labute approximate surface area is 113 Å². The largest absolute Gasteiger partial charge is 0.496 e. The number of aliphatic carboxylic acids is 1. The maximum absolute atomic E-state index is 10.7. The molecule has 1 unspecified atom stereocenters. The molecule has 5 heteroatoms. The van der Waals surface area contributed by atoms with Crippen molar-refractivity contribution >= 4 is 5.97 Å². The fourth-order valence-electron chi connectivity index (χ4n) is 2.07. The highest BCUT2D eigenvalue weighted by atomic mass is 16.5. The van der Waals surface area contributed by atoms with Crippen LogP contribution in [0.25, 0.3) is 0 Å². The molecular weight excluding hydrogens is 246 g/mol. The van der Waals surface area contributed by atoms with Crippen LogP contribution in [-0.2, 0) is 4.79 Å². The predicted octanol–water partition coefficient (Wildman–Crippen LogP) is 2.14. The number of methoxy groups -OCH3 is 2. The van der Waals surface area contributed by atoms with E-state index in [1.165, 1.54) is 0 Å². The fourth-order valence-corrected chi connectivity index (χ4v) is 2.07. The second kappa shape index (κ2) is 6.99. The van der Waals surface area contributed by atoms with Crippen molar-refractivity contribution in [2.45, 2.75) is 25.8 Å². The van der Waals surface area contributed by atoms with Crippen molar-refractivity contribution in [3.8, 4) is 11.5 Å². The molecule has 1 atom stereocenters. The Balaban J connectivity index is 3.09. The molecule has 1 aromatic rings. The number of carbonyl (C=O) groups is 1. The zero-order chi connectivity index (χ0) is 14.4. The molecule has 2 N–H and O–H groups in total. The molecule has 0 aliphatic heterocycles. The summed E-state index contributed by atoms with van der Waals surface area (Å²) in [6.07, 6.45) is 0.596. The third kappa shape index (κ3) is 3.86. The lowest BCUT2D eigenvalue weighted by Gasteiger charge is -2.20. The fraction of sp³-hybridized carbons (Fsp3) is 0.500. The van der Waals surface area contributed by atoms with E-state index in [0.717, 1.165) is 22.6 Å². The third-order valence-corrected chi connectivity index (χ3v) is 3.12. The molecule has 0 aliphatic carbocycles. The summed E-state index contributed by atoms with van der Waals surface area (Å²) in [6, 6.07) is 3.72. The highest BCUT2D eigenvalue weighted by molar-refractivity contribution is 5.66. The Kier molecular flexibility index (Phi) is 5.63. The lowest BCUT2D eigenvalue weighted by atomic mass is 9.99. The highest BCUT2D eigenvalue weighted by Crippen LogP contribution is 2.34. The third-order valence-electron chi connectivity index (χ3n) is 3.12. The number of nitrogens with one attached hydrogen (secondary N) is 1. The minimum absolute atomic E-state index is 0.0828. The summed E-state index contributed by atoms with van der Waals surface area (Å²) >= 11 is 0. The minimum atomic E-state index is -0.807. The van der Waals surface area contributed by atoms with Crippen molar-refractivity contribution in [2.24, 2.45) is 0 Å². The molecule has 0 bridgehead atoms. The highest BCUT2D eigenvalue weighted by Gasteiger charge is 2.18. The Morgan fingerprint density at radius 2 is 1.95 bits per heavy atom. The van der Waals surface area contributed by atoms with Crippen LogP contribution in [0.2, 0.25) is 0 Å². The first-order chi connectivity index (χ1) is 9.03. The van der Waals surface area contributed by atoms with Crippen LogP contribution >= 0.6 is 0 Å². The molecule has 1 rings (SSSR count). The Hall–Kier alpha value is -1.75. The summed E-state index contributed by atoms with van der Waals surface area (Å²) in [7, 11) is 5.02. The van der Waals surface area contributed by atoms with E-state index in [9.17, 15) is 4.79 Å². The topological polar surface area (TPSA) is 67.8 Å². The molecule has 5 nitrogen and oxygen atoms in total. The summed E-state index contributed by atoms with van der Waals surface area (Å²) in [4.78, 5) is 10.7. The van der Waals surface area contributed by atoms with Crippen LogP contribution in [0, 0.1) is 6.92 Å². The van der Waals surface area contributed by atoms with Gasteiger partial charge >= 0.3 is 5.97 Å². The van der Waals surface area contributed by atoms with Gasteiger partial charge in [-0.3, -0.25) is 4.79 Å². The maximum Gasteiger partial charge on any atom is 0.303 e. The van der Waals surface area contributed by atoms with Gasteiger partial charge in [0.1, 0.15) is 11.5 Å². The van der Waals surface area contributed by atoms with Gasteiger partial charge in [-0.05, 0) is 38.1 Å². The summed E-state index contributed by atoms with van der Waals surface area (Å²) in [5.74, 6) is 0.702. The SMILES string of the molecule is CNC(CCC(=O)O)c1cc(OC)c(C)cc1OC. The van der Waals surface area contributed by atoms with E-state index >= 15 is 0 Å². The number of aryl methyl sites for hydroxylation is 1. The van der Waals surface area contributed by atoms with Crippen molar-refractivity contribution in [1.82, 2.24) is 5.32 Å². The molecule has 0 heterocycles. The van der Waals surface area contributed by atoms with Gasteiger partial charge in [-0.25, -0.2) is 0 Å². The molecule has 0 aromatic heterocycles. The van der Waals surface area contributed by atoms with Crippen molar-refractivity contribution in [3.05, 3.63) is 23.3 Å². The summed E-state index contributed by atoms with van der Waals surface area (Å²) < 4.78 is 10.7. The first-order valence-corrected chi connectivity index (χ1v) is 6.15. The molecule has 0 spiro atoms. The first kappa shape index (κ1) is 15.3. The predicted molar refractivity (Wildman–Crippen MR) is 73.0 cm³/mol. The van der Waals surface area contributed by atoms with E-state index in [2.05, 4.69) is 5.32 Å². The number of hydrogen-bond donors (Lipinski definition) is 2. The standard InChI is InChI=1S/C14H21NO4/c1-9-7-13(19-4)10(8-12(9)18-3)11(15-2)5-6-14(16)17/h7-8,11,15H,5-6H2,1-4H3,(H,16,17). The van der Waals surface area contributed by atoms with Gasteiger partial charge in [-0.2, -0.15) is 0 Å². The van der Waals surface area contributed by atoms with E-state index in [1.54, 1.807) is 21.3 Å². The smallest absolute Gasteiger partial charge is 0.303 e. The van der Waals surface area contributed by atoms with E-state index in [0.29, 0.717) is 6.42 Å². The maximum atomic E-state index is 10.7. The van der Waals surface area contributed by atoms with Crippen LogP contribution in [0.1, 0.15) is 30.0 Å². The minimum Gasteiger partial charge on any atom is -0.496 e. The van der Waals surface area contributed by atoms with Gasteiger partial charge in [0, 0.05) is 18.0 Å². The lowest BCUT2D eigenvalue weighted by Crippen LogP contribution is -2.18. The van der Waals surface area contributed by atoms with Crippen LogP contribution in [0.4, 0.5) is 0 Å². The number of carboxylic acids is 1. The van der Waals surface area contributed by atoms with Crippen LogP contribution in [0.3, 0.4) is 0 Å². The van der Waals surface area contributed by atoms with E-state index in [-0.39, 0.29) is 12.5 Å². The molecule has 0 aliphatic rings. The average molecular weight is 267 g/mol. The molecule has 0 saturated carbocycles. The summed E-state index contributed by atoms with van der Waals surface area (Å²) in [5.41, 5.74) is 1.89. The molecule has 0 radical (unpaired) electrons. The number of hydrogen-bond acceptors (Lipinski definition) is 4. The molecule has 1 aromatic carbocycles. The quantitative estimate of drug-likeness (QED) is 0.792. The van der Waals surface area contributed by atoms with Crippen LogP contribution in [0.5, 0.6) is 11.5 Å². The van der Waals surface area contributed by atoms with Gasteiger partial charge in [0.05, 0.1) is 14.2 Å². The van der Waals surface area contributed by atoms with Gasteiger partial charge in [0.15, 0.2) is 0 Å². The van der Waals surface area contributed by atoms with E-state index < -0.39 is 5.97 Å². The second-order valence-electron chi connectivity index (χ2n) is 4.34. The van der Waals surface area contributed by atoms with Crippen molar-refractivity contribution in [2.75, 3.05) is 21.3 Å². The second-order valence-corrected chi connectivity index (χ2v) is 4.34. The van der Waals surface area contributed by atoms with E-state index in [4.69, 9.17) is 14.6 Å². The normalized spacial score (nSPS) is 12.0. The van der Waals surface area contributed by atoms with Crippen molar-refractivity contribution < 1.29 is 19.4 Å².